The second kappa shape index (κ2) is 4.19. The van der Waals surface area contributed by atoms with Crippen LogP contribution in [0.1, 0.15) is 15.9 Å². The smallest absolute Gasteiger partial charge is 0.230 e. The number of nitriles is 1. The number of hydrogen-bond donors (Lipinski definition) is 3. The molecule has 0 radical (unpaired) electrons. The third-order valence-corrected chi connectivity index (χ3v) is 1.98. The molecule has 1 aromatic carbocycles. The summed E-state index contributed by atoms with van der Waals surface area (Å²) in [6.45, 7) is 0. The third-order valence-electron chi connectivity index (χ3n) is 1.98. The number of nitrogens with zero attached hydrogens (tertiary/aromatic N) is 1. The predicted octanol–water partition coefficient (Wildman–Crippen LogP) is -0.479. The van der Waals surface area contributed by atoms with Crippen LogP contribution in [0.25, 0.3) is 0 Å². The Morgan fingerprint density at radius 2 is 1.87 bits per heavy atom. The van der Waals surface area contributed by atoms with Gasteiger partial charge in [-0.2, -0.15) is 5.26 Å². The maximum Gasteiger partial charge on any atom is 0.230 e. The Kier molecular flexibility index (Phi) is 3.17. The van der Waals surface area contributed by atoms with Crippen molar-refractivity contribution >= 4 is 6.29 Å². The van der Waals surface area contributed by atoms with Gasteiger partial charge in [-0.05, 0) is 0 Å². The molecule has 78 valence electrons. The Balaban J connectivity index is 3.06. The molecule has 3 N–H and O–H groups in total. The molecule has 0 heterocycles. The molecule has 0 aliphatic heterocycles. The fourth-order valence-corrected chi connectivity index (χ4v) is 1.05. The molecule has 1 aromatic rings. The molecule has 0 aromatic heterocycles. The molecule has 1 atom stereocenters. The zero-order valence-electron chi connectivity index (χ0n) is 7.66. The van der Waals surface area contributed by atoms with Gasteiger partial charge < -0.3 is 15.3 Å². The maximum atomic E-state index is 10.3. The van der Waals surface area contributed by atoms with Crippen molar-refractivity contribution in [3.8, 4) is 6.07 Å². The number of carbonyl (C=O) groups excluding carboxylic acids is 1. The van der Waals surface area contributed by atoms with Crippen molar-refractivity contribution in [2.45, 2.75) is 11.9 Å². The lowest BCUT2D eigenvalue weighted by atomic mass is 10.00. The number of rotatable bonds is 3. The number of carbonyl (C=O) groups is 1. The van der Waals surface area contributed by atoms with Crippen LogP contribution in [-0.4, -0.2) is 27.7 Å². The second-order valence-corrected chi connectivity index (χ2v) is 3.00. The number of hydrogen-bond acceptors (Lipinski definition) is 5. The van der Waals surface area contributed by atoms with Crippen molar-refractivity contribution in [1.29, 1.82) is 5.26 Å². The minimum absolute atomic E-state index is 0.0536. The Morgan fingerprint density at radius 3 is 2.27 bits per heavy atom. The molecule has 0 aliphatic carbocycles. The van der Waals surface area contributed by atoms with Crippen LogP contribution in [0.4, 0.5) is 0 Å². The van der Waals surface area contributed by atoms with Crippen LogP contribution >= 0.6 is 0 Å². The minimum Gasteiger partial charge on any atom is -0.373 e. The summed E-state index contributed by atoms with van der Waals surface area (Å²) in [4.78, 5) is 10.3. The first-order valence-corrected chi connectivity index (χ1v) is 4.10. The van der Waals surface area contributed by atoms with Gasteiger partial charge >= 0.3 is 0 Å². The molecule has 15 heavy (non-hydrogen) atoms. The summed E-state index contributed by atoms with van der Waals surface area (Å²) >= 11 is 0. The third kappa shape index (κ3) is 2.19. The fourth-order valence-electron chi connectivity index (χ4n) is 1.05. The first kappa shape index (κ1) is 11.3. The van der Waals surface area contributed by atoms with Crippen LogP contribution in [0.5, 0.6) is 0 Å². The van der Waals surface area contributed by atoms with Gasteiger partial charge in [-0.25, -0.2) is 0 Å². The number of aliphatic hydroxyl groups is 3. The highest BCUT2D eigenvalue weighted by Gasteiger charge is 2.35. The van der Waals surface area contributed by atoms with Gasteiger partial charge in [0, 0.05) is 11.1 Å². The molecule has 0 aliphatic rings. The van der Waals surface area contributed by atoms with Gasteiger partial charge in [0.15, 0.2) is 6.10 Å². The lowest BCUT2D eigenvalue weighted by Gasteiger charge is -2.23. The summed E-state index contributed by atoms with van der Waals surface area (Å²) in [6.07, 6.45) is -1.35. The van der Waals surface area contributed by atoms with E-state index in [2.05, 4.69) is 0 Å². The van der Waals surface area contributed by atoms with Crippen molar-refractivity contribution in [3.63, 3.8) is 0 Å². The lowest BCUT2D eigenvalue weighted by Crippen LogP contribution is -2.38. The molecule has 0 saturated heterocycles. The van der Waals surface area contributed by atoms with Crippen molar-refractivity contribution in [3.05, 3.63) is 35.4 Å². The number of benzene rings is 1. The van der Waals surface area contributed by atoms with Crippen molar-refractivity contribution < 1.29 is 20.1 Å². The Labute approximate surface area is 85.8 Å². The molecular formula is C10H9NO4. The Bertz CT molecular complexity index is 391. The zero-order chi connectivity index (χ0) is 11.5. The molecule has 0 fully saturated rings. The summed E-state index contributed by atoms with van der Waals surface area (Å²) < 4.78 is 0. The predicted molar refractivity (Wildman–Crippen MR) is 49.6 cm³/mol. The molecule has 5 nitrogen and oxygen atoms in total. The lowest BCUT2D eigenvalue weighted by molar-refractivity contribution is -0.218. The van der Waals surface area contributed by atoms with Crippen LogP contribution in [-0.2, 0) is 5.79 Å². The molecule has 5 heteroatoms. The largest absolute Gasteiger partial charge is 0.373 e. The van der Waals surface area contributed by atoms with E-state index in [0.29, 0.717) is 11.8 Å². The van der Waals surface area contributed by atoms with Gasteiger partial charge in [0.1, 0.15) is 12.4 Å². The molecule has 1 unspecified atom stereocenters. The highest BCUT2D eigenvalue weighted by atomic mass is 16.5. The highest BCUT2D eigenvalue weighted by molar-refractivity contribution is 5.74. The van der Waals surface area contributed by atoms with Gasteiger partial charge in [-0.1, -0.05) is 24.3 Å². The van der Waals surface area contributed by atoms with Gasteiger partial charge in [0.05, 0.1) is 0 Å². The number of aliphatic hydroxyl groups excluding tert-OH is 1. The SMILES string of the molecule is N#CC(O)C(O)(O)c1ccc(C=O)cc1. The highest BCUT2D eigenvalue weighted by Crippen LogP contribution is 2.21. The van der Waals surface area contributed by atoms with Crippen molar-refractivity contribution in [1.82, 2.24) is 0 Å². The Morgan fingerprint density at radius 1 is 1.33 bits per heavy atom. The molecule has 0 spiro atoms. The summed E-state index contributed by atoms with van der Waals surface area (Å²) in [5.74, 6) is -2.63. The summed E-state index contributed by atoms with van der Waals surface area (Å²) in [7, 11) is 0. The first-order chi connectivity index (χ1) is 7.02. The van der Waals surface area contributed by atoms with Crippen LogP contribution < -0.4 is 0 Å². The molecule has 1 rings (SSSR count). The van der Waals surface area contributed by atoms with E-state index in [1.165, 1.54) is 30.3 Å². The van der Waals surface area contributed by atoms with E-state index in [1.54, 1.807) is 0 Å². The number of aldehydes is 1. The van der Waals surface area contributed by atoms with Crippen LogP contribution in [0.3, 0.4) is 0 Å². The van der Waals surface area contributed by atoms with Gasteiger partial charge in [0.25, 0.3) is 0 Å². The van der Waals surface area contributed by atoms with Gasteiger partial charge in [-0.3, -0.25) is 4.79 Å². The normalized spacial score (nSPS) is 12.9. The van der Waals surface area contributed by atoms with Crippen LogP contribution in [0.15, 0.2) is 24.3 Å². The summed E-state index contributed by atoms with van der Waals surface area (Å²) in [5.41, 5.74) is 0.308. The van der Waals surface area contributed by atoms with Crippen LogP contribution in [0.2, 0.25) is 0 Å². The van der Waals surface area contributed by atoms with Gasteiger partial charge in [0.2, 0.25) is 5.79 Å². The topological polar surface area (TPSA) is 102 Å². The van der Waals surface area contributed by atoms with E-state index in [0.717, 1.165) is 0 Å². The van der Waals surface area contributed by atoms with E-state index in [1.807, 2.05) is 0 Å². The van der Waals surface area contributed by atoms with Crippen molar-refractivity contribution in [2.75, 3.05) is 0 Å². The first-order valence-electron chi connectivity index (χ1n) is 4.10. The quantitative estimate of drug-likeness (QED) is 0.353. The molecular weight excluding hydrogens is 198 g/mol. The van der Waals surface area contributed by atoms with E-state index >= 15 is 0 Å². The van der Waals surface area contributed by atoms with E-state index < -0.39 is 11.9 Å². The maximum absolute atomic E-state index is 10.3. The monoisotopic (exact) mass is 207 g/mol. The Hall–Kier alpha value is -1.74. The van der Waals surface area contributed by atoms with Crippen LogP contribution in [0, 0.1) is 11.3 Å². The average Bonchev–Trinajstić information content (AvgIpc) is 2.28. The van der Waals surface area contributed by atoms with Gasteiger partial charge in [-0.15, -0.1) is 0 Å². The van der Waals surface area contributed by atoms with E-state index in [-0.39, 0.29) is 5.56 Å². The van der Waals surface area contributed by atoms with Crippen molar-refractivity contribution in [2.24, 2.45) is 0 Å². The standard InChI is InChI=1S/C10H9NO4/c11-5-9(13)10(14,15)8-3-1-7(6-12)2-4-8/h1-4,6,9,13-15H. The fraction of sp³-hybridized carbons (Fsp3) is 0.200. The average molecular weight is 207 g/mol. The zero-order valence-corrected chi connectivity index (χ0v) is 7.66. The molecule has 0 bridgehead atoms. The van der Waals surface area contributed by atoms with E-state index in [4.69, 9.17) is 10.4 Å². The molecule has 0 amide bonds. The minimum atomic E-state index is -2.63. The summed E-state index contributed by atoms with van der Waals surface area (Å²) in [5, 5.41) is 36.2. The molecule has 0 saturated carbocycles. The second-order valence-electron chi connectivity index (χ2n) is 3.00. The van der Waals surface area contributed by atoms with E-state index in [9.17, 15) is 15.0 Å². The summed E-state index contributed by atoms with van der Waals surface area (Å²) in [6, 6.07) is 6.54.